The zero-order valence-corrected chi connectivity index (χ0v) is 9.58. The van der Waals surface area contributed by atoms with E-state index in [-0.39, 0.29) is 0 Å². The maximum absolute atomic E-state index is 5.89. The Kier molecular flexibility index (Phi) is 2.45. The molecule has 1 nitrogen and oxygen atoms in total. The highest BCUT2D eigenvalue weighted by molar-refractivity contribution is 6.30. The number of hydrogen-bond acceptors (Lipinski definition) is 1. The number of hydrogen-bond donors (Lipinski definition) is 0. The highest BCUT2D eigenvalue weighted by Crippen LogP contribution is 2.41. The average Bonchev–Trinajstić information content (AvgIpc) is 2.87. The van der Waals surface area contributed by atoms with Crippen LogP contribution < -0.4 is 0 Å². The number of halogens is 1. The van der Waals surface area contributed by atoms with Crippen LogP contribution in [0.15, 0.2) is 24.3 Å². The minimum atomic E-state index is 0.686. The highest BCUT2D eigenvalue weighted by atomic mass is 35.5. The lowest BCUT2D eigenvalue weighted by molar-refractivity contribution is 0.378. The van der Waals surface area contributed by atoms with Gasteiger partial charge in [-0.25, -0.2) is 0 Å². The summed E-state index contributed by atoms with van der Waals surface area (Å²) in [7, 11) is 0. The molecule has 15 heavy (non-hydrogen) atoms. The van der Waals surface area contributed by atoms with Gasteiger partial charge in [-0.3, -0.25) is 4.90 Å². The van der Waals surface area contributed by atoms with Crippen molar-refractivity contribution in [3.63, 3.8) is 0 Å². The molecule has 1 aromatic rings. The molecule has 2 unspecified atom stereocenters. The van der Waals surface area contributed by atoms with Crippen molar-refractivity contribution in [1.29, 1.82) is 0 Å². The molecule has 0 N–H and O–H groups in total. The molecule has 2 aliphatic rings. The third-order valence-electron chi connectivity index (χ3n) is 3.70. The monoisotopic (exact) mass is 221 g/mol. The molecular formula is C13H16ClN. The van der Waals surface area contributed by atoms with Crippen molar-refractivity contribution in [1.82, 2.24) is 4.90 Å². The van der Waals surface area contributed by atoms with Crippen molar-refractivity contribution < 1.29 is 0 Å². The maximum Gasteiger partial charge on any atom is 0.0479 e. The largest absolute Gasteiger partial charge is 0.290 e. The van der Waals surface area contributed by atoms with Gasteiger partial charge in [0.2, 0.25) is 0 Å². The third-order valence-corrected chi connectivity index (χ3v) is 3.95. The summed E-state index contributed by atoms with van der Waals surface area (Å²) in [4.78, 5) is 2.64. The maximum atomic E-state index is 5.89. The Hall–Kier alpha value is -0.530. The summed E-state index contributed by atoms with van der Waals surface area (Å²) in [6, 6.07) is 9.89. The number of benzene rings is 1. The van der Waals surface area contributed by atoms with Gasteiger partial charge in [-0.2, -0.15) is 0 Å². The fourth-order valence-electron chi connectivity index (χ4n) is 2.77. The lowest BCUT2D eigenvalue weighted by atomic mass is 10.1. The van der Waals surface area contributed by atoms with E-state index in [1.807, 2.05) is 12.1 Å². The molecule has 1 aliphatic carbocycles. The highest BCUT2D eigenvalue weighted by Gasteiger charge is 2.41. The molecule has 0 radical (unpaired) electrons. The van der Waals surface area contributed by atoms with Crippen LogP contribution in [-0.4, -0.2) is 17.5 Å². The Morgan fingerprint density at radius 3 is 2.40 bits per heavy atom. The summed E-state index contributed by atoms with van der Waals surface area (Å²) < 4.78 is 0. The second-order valence-electron chi connectivity index (χ2n) is 4.70. The van der Waals surface area contributed by atoms with Gasteiger partial charge < -0.3 is 0 Å². The first-order valence-corrected chi connectivity index (χ1v) is 6.23. The van der Waals surface area contributed by atoms with E-state index in [4.69, 9.17) is 11.6 Å². The molecule has 0 aromatic heterocycles. The summed E-state index contributed by atoms with van der Waals surface area (Å²) in [5.74, 6) is 0. The molecule has 3 rings (SSSR count). The van der Waals surface area contributed by atoms with Crippen LogP contribution in [0, 0.1) is 0 Å². The number of nitrogens with zero attached hydrogens (tertiary/aromatic N) is 1. The van der Waals surface area contributed by atoms with Gasteiger partial charge in [0.15, 0.2) is 0 Å². The zero-order chi connectivity index (χ0) is 10.3. The first-order valence-electron chi connectivity index (χ1n) is 5.86. The summed E-state index contributed by atoms with van der Waals surface area (Å²) in [6.07, 6.45) is 5.66. The number of rotatable bonds is 2. The molecule has 2 fully saturated rings. The van der Waals surface area contributed by atoms with Crippen LogP contribution in [0.2, 0.25) is 5.02 Å². The zero-order valence-electron chi connectivity index (χ0n) is 8.82. The summed E-state index contributed by atoms with van der Waals surface area (Å²) in [6.45, 7) is 1.26. The van der Waals surface area contributed by atoms with Gasteiger partial charge in [0, 0.05) is 23.7 Å². The lowest BCUT2D eigenvalue weighted by Gasteiger charge is -2.11. The molecular weight excluding hydrogens is 206 g/mol. The standard InChI is InChI=1S/C13H16ClN/c14-11-7-5-10(6-8-11)13-9-15(13)12-3-1-2-4-12/h5-8,12-13H,1-4,9H2. The van der Waals surface area contributed by atoms with Gasteiger partial charge in [-0.15, -0.1) is 0 Å². The van der Waals surface area contributed by atoms with Crippen LogP contribution in [-0.2, 0) is 0 Å². The normalized spacial score (nSPS) is 30.7. The fraction of sp³-hybridized carbons (Fsp3) is 0.538. The fourth-order valence-corrected chi connectivity index (χ4v) is 2.90. The molecule has 1 saturated carbocycles. The minimum absolute atomic E-state index is 0.686. The molecule has 1 heterocycles. The van der Waals surface area contributed by atoms with E-state index in [1.165, 1.54) is 37.8 Å². The van der Waals surface area contributed by atoms with E-state index >= 15 is 0 Å². The van der Waals surface area contributed by atoms with Crippen molar-refractivity contribution in [2.45, 2.75) is 37.8 Å². The van der Waals surface area contributed by atoms with Crippen LogP contribution in [0.1, 0.15) is 37.3 Å². The average molecular weight is 222 g/mol. The summed E-state index contributed by atoms with van der Waals surface area (Å²) in [5, 5.41) is 0.840. The van der Waals surface area contributed by atoms with E-state index in [2.05, 4.69) is 17.0 Å². The first kappa shape index (κ1) is 9.68. The molecule has 2 atom stereocenters. The Morgan fingerprint density at radius 1 is 1.07 bits per heavy atom. The van der Waals surface area contributed by atoms with Crippen LogP contribution in [0.5, 0.6) is 0 Å². The van der Waals surface area contributed by atoms with Gasteiger partial charge in [0.1, 0.15) is 0 Å². The van der Waals surface area contributed by atoms with Crippen LogP contribution in [0.4, 0.5) is 0 Å². The molecule has 1 aliphatic heterocycles. The van der Waals surface area contributed by atoms with Crippen molar-refractivity contribution in [3.05, 3.63) is 34.9 Å². The van der Waals surface area contributed by atoms with E-state index in [0.717, 1.165) is 11.1 Å². The van der Waals surface area contributed by atoms with E-state index in [1.54, 1.807) is 0 Å². The molecule has 0 amide bonds. The van der Waals surface area contributed by atoms with Crippen LogP contribution in [0.25, 0.3) is 0 Å². The molecule has 2 heteroatoms. The Labute approximate surface area is 96.0 Å². The van der Waals surface area contributed by atoms with E-state index < -0.39 is 0 Å². The van der Waals surface area contributed by atoms with Crippen LogP contribution >= 0.6 is 11.6 Å². The Bertz CT molecular complexity index is 340. The Balaban J connectivity index is 1.68. The molecule has 80 valence electrons. The third kappa shape index (κ3) is 1.91. The van der Waals surface area contributed by atoms with Crippen molar-refractivity contribution in [2.75, 3.05) is 6.54 Å². The van der Waals surface area contributed by atoms with Crippen molar-refractivity contribution >= 4 is 11.6 Å². The topological polar surface area (TPSA) is 3.01 Å². The smallest absolute Gasteiger partial charge is 0.0479 e. The second kappa shape index (κ2) is 3.80. The molecule has 0 spiro atoms. The minimum Gasteiger partial charge on any atom is -0.290 e. The van der Waals surface area contributed by atoms with Gasteiger partial charge in [0.05, 0.1) is 0 Å². The predicted molar refractivity (Wildman–Crippen MR) is 63.2 cm³/mol. The summed E-state index contributed by atoms with van der Waals surface area (Å²) in [5.41, 5.74) is 1.44. The SMILES string of the molecule is Clc1ccc(C2CN2C2CCCC2)cc1. The van der Waals surface area contributed by atoms with Crippen molar-refractivity contribution in [2.24, 2.45) is 0 Å². The van der Waals surface area contributed by atoms with Crippen molar-refractivity contribution in [3.8, 4) is 0 Å². The lowest BCUT2D eigenvalue weighted by Crippen LogP contribution is -2.14. The molecule has 0 bridgehead atoms. The molecule has 1 saturated heterocycles. The van der Waals surface area contributed by atoms with Crippen LogP contribution in [0.3, 0.4) is 0 Å². The predicted octanol–water partition coefficient (Wildman–Crippen LogP) is 3.64. The van der Waals surface area contributed by atoms with E-state index in [9.17, 15) is 0 Å². The quantitative estimate of drug-likeness (QED) is 0.690. The van der Waals surface area contributed by atoms with Gasteiger partial charge in [-0.1, -0.05) is 36.6 Å². The Morgan fingerprint density at radius 2 is 1.73 bits per heavy atom. The second-order valence-corrected chi connectivity index (χ2v) is 5.14. The first-order chi connectivity index (χ1) is 7.34. The van der Waals surface area contributed by atoms with Gasteiger partial charge in [-0.05, 0) is 30.5 Å². The van der Waals surface area contributed by atoms with E-state index in [0.29, 0.717) is 6.04 Å². The van der Waals surface area contributed by atoms with Gasteiger partial charge >= 0.3 is 0 Å². The summed E-state index contributed by atoms with van der Waals surface area (Å²) >= 11 is 5.89. The molecule has 1 aromatic carbocycles. The van der Waals surface area contributed by atoms with Gasteiger partial charge in [0.25, 0.3) is 0 Å².